The smallest absolute Gasteiger partial charge is 0.352 e. The molecule has 17 heavy (non-hydrogen) atoms. The third-order valence-electron chi connectivity index (χ3n) is 2.52. The molecule has 0 saturated carbocycles. The van der Waals surface area contributed by atoms with Crippen molar-refractivity contribution in [3.05, 3.63) is 28.6 Å². The van der Waals surface area contributed by atoms with E-state index in [1.54, 1.807) is 11.1 Å². The normalized spacial score (nSPS) is 16.9. The highest BCUT2D eigenvalue weighted by molar-refractivity contribution is 9.10. The Morgan fingerprint density at radius 3 is 2.65 bits per heavy atom. The zero-order valence-corrected chi connectivity index (χ0v) is 10.3. The second-order valence-electron chi connectivity index (χ2n) is 3.62. The van der Waals surface area contributed by atoms with Crippen LogP contribution in [0, 0.1) is 0 Å². The lowest BCUT2D eigenvalue weighted by molar-refractivity contribution is -0.0944. The molecule has 1 aromatic rings. The van der Waals surface area contributed by atoms with Gasteiger partial charge in [-0.2, -0.15) is 13.2 Å². The lowest BCUT2D eigenvalue weighted by atomic mass is 10.1. The van der Waals surface area contributed by atoms with Crippen LogP contribution in [0.25, 0.3) is 0 Å². The number of anilines is 1. The molecule has 1 aliphatic heterocycles. The fraction of sp³-hybridized carbons (Fsp3) is 0.400. The van der Waals surface area contributed by atoms with E-state index < -0.39 is 11.7 Å². The minimum absolute atomic E-state index is 0.0139. The van der Waals surface area contributed by atoms with Crippen molar-refractivity contribution in [2.45, 2.75) is 12.6 Å². The van der Waals surface area contributed by atoms with Crippen LogP contribution in [0.3, 0.4) is 0 Å². The van der Waals surface area contributed by atoms with Crippen LogP contribution in [0.5, 0.6) is 0 Å². The quantitative estimate of drug-likeness (QED) is 0.747. The molecule has 0 unspecified atom stereocenters. The van der Waals surface area contributed by atoms with Crippen molar-refractivity contribution in [3.63, 3.8) is 0 Å². The van der Waals surface area contributed by atoms with Gasteiger partial charge in [0.15, 0.2) is 0 Å². The van der Waals surface area contributed by atoms with E-state index in [1.807, 2.05) is 0 Å². The molecule has 7 heteroatoms. The van der Waals surface area contributed by atoms with Crippen LogP contribution < -0.4 is 4.90 Å². The molecule has 0 radical (unpaired) electrons. The fourth-order valence-corrected chi connectivity index (χ4v) is 2.13. The van der Waals surface area contributed by atoms with E-state index in [1.165, 1.54) is 12.4 Å². The Morgan fingerprint density at radius 1 is 1.35 bits per heavy atom. The summed E-state index contributed by atoms with van der Waals surface area (Å²) in [6, 6.07) is 0. The molecule has 0 fully saturated rings. The average molecular weight is 308 g/mol. The number of alkyl halides is 3. The number of hydrogen-bond donors (Lipinski definition) is 0. The van der Waals surface area contributed by atoms with Crippen molar-refractivity contribution >= 4 is 21.7 Å². The van der Waals surface area contributed by atoms with E-state index in [0.29, 0.717) is 16.8 Å². The number of halogens is 4. The first kappa shape index (κ1) is 12.3. The summed E-state index contributed by atoms with van der Waals surface area (Å²) < 4.78 is 38.0. The van der Waals surface area contributed by atoms with Crippen molar-refractivity contribution < 1.29 is 13.2 Å². The van der Waals surface area contributed by atoms with E-state index >= 15 is 0 Å². The van der Waals surface area contributed by atoms with Crippen molar-refractivity contribution in [1.82, 2.24) is 9.97 Å². The molecule has 2 rings (SSSR count). The summed E-state index contributed by atoms with van der Waals surface area (Å²) in [7, 11) is 0. The van der Waals surface area contributed by atoms with Crippen LogP contribution in [0.15, 0.2) is 28.6 Å². The lowest BCUT2D eigenvalue weighted by Gasteiger charge is -2.28. The Balaban J connectivity index is 2.15. The first-order valence-electron chi connectivity index (χ1n) is 4.95. The first-order chi connectivity index (χ1) is 7.98. The highest BCUT2D eigenvalue weighted by Crippen LogP contribution is 2.32. The third kappa shape index (κ3) is 2.77. The molecule has 0 N–H and O–H groups in total. The summed E-state index contributed by atoms with van der Waals surface area (Å²) in [6.45, 7) is 0.519. The summed E-state index contributed by atoms with van der Waals surface area (Å²) >= 11 is 3.28. The van der Waals surface area contributed by atoms with E-state index in [4.69, 9.17) is 0 Å². The summed E-state index contributed by atoms with van der Waals surface area (Å²) in [5.41, 5.74) is -0.459. The Kier molecular flexibility index (Phi) is 3.37. The van der Waals surface area contributed by atoms with Gasteiger partial charge in [-0.1, -0.05) is 6.08 Å². The van der Waals surface area contributed by atoms with Crippen molar-refractivity contribution in [2.24, 2.45) is 0 Å². The Morgan fingerprint density at radius 2 is 2.12 bits per heavy atom. The Hall–Kier alpha value is -1.11. The molecule has 0 atom stereocenters. The Bertz CT molecular complexity index is 445. The highest BCUT2D eigenvalue weighted by Gasteiger charge is 2.35. The highest BCUT2D eigenvalue weighted by atomic mass is 79.9. The monoisotopic (exact) mass is 307 g/mol. The van der Waals surface area contributed by atoms with Gasteiger partial charge >= 0.3 is 6.18 Å². The van der Waals surface area contributed by atoms with Gasteiger partial charge in [-0.05, 0) is 22.4 Å². The maximum absolute atomic E-state index is 12.4. The van der Waals surface area contributed by atoms with Gasteiger partial charge in [-0.25, -0.2) is 9.97 Å². The average Bonchev–Trinajstić information content (AvgIpc) is 2.29. The summed E-state index contributed by atoms with van der Waals surface area (Å²) in [5, 5.41) is 0. The van der Waals surface area contributed by atoms with Gasteiger partial charge < -0.3 is 4.90 Å². The van der Waals surface area contributed by atoms with E-state index in [0.717, 1.165) is 0 Å². The number of hydrogen-bond acceptors (Lipinski definition) is 3. The SMILES string of the molecule is FC(F)(F)C1=CCN(c2ncncc2Br)CC1. The Labute approximate surface area is 104 Å². The lowest BCUT2D eigenvalue weighted by Crippen LogP contribution is -2.32. The van der Waals surface area contributed by atoms with Crippen molar-refractivity contribution in [2.75, 3.05) is 18.0 Å². The van der Waals surface area contributed by atoms with E-state index in [9.17, 15) is 13.2 Å². The zero-order chi connectivity index (χ0) is 12.5. The van der Waals surface area contributed by atoms with Crippen molar-refractivity contribution in [1.29, 1.82) is 0 Å². The van der Waals surface area contributed by atoms with Crippen LogP contribution in [-0.4, -0.2) is 29.2 Å². The van der Waals surface area contributed by atoms with E-state index in [2.05, 4.69) is 25.9 Å². The van der Waals surface area contributed by atoms with Crippen molar-refractivity contribution in [3.8, 4) is 0 Å². The van der Waals surface area contributed by atoms with Gasteiger partial charge in [0.1, 0.15) is 12.1 Å². The predicted molar refractivity (Wildman–Crippen MR) is 60.7 cm³/mol. The molecule has 2 heterocycles. The second kappa shape index (κ2) is 4.64. The number of nitrogens with zero attached hydrogens (tertiary/aromatic N) is 3. The molecule has 1 aliphatic rings. The van der Waals surface area contributed by atoms with Crippen LogP contribution >= 0.6 is 15.9 Å². The summed E-state index contributed by atoms with van der Waals surface area (Å²) in [4.78, 5) is 9.64. The van der Waals surface area contributed by atoms with Gasteiger partial charge in [0.25, 0.3) is 0 Å². The zero-order valence-electron chi connectivity index (χ0n) is 8.71. The van der Waals surface area contributed by atoms with Gasteiger partial charge in [0.2, 0.25) is 0 Å². The molecular formula is C10H9BrF3N3. The van der Waals surface area contributed by atoms with Gasteiger partial charge in [0, 0.05) is 24.9 Å². The molecule has 0 aliphatic carbocycles. The van der Waals surface area contributed by atoms with E-state index in [-0.39, 0.29) is 13.0 Å². The number of aromatic nitrogens is 2. The minimum Gasteiger partial charge on any atom is -0.352 e. The topological polar surface area (TPSA) is 29.0 Å². The molecule has 0 bridgehead atoms. The van der Waals surface area contributed by atoms with Gasteiger partial charge in [-0.15, -0.1) is 0 Å². The largest absolute Gasteiger partial charge is 0.412 e. The number of rotatable bonds is 1. The van der Waals surface area contributed by atoms with Gasteiger partial charge in [-0.3, -0.25) is 0 Å². The van der Waals surface area contributed by atoms with Crippen LogP contribution in [0.4, 0.5) is 19.0 Å². The molecule has 0 amide bonds. The summed E-state index contributed by atoms with van der Waals surface area (Å²) in [5.74, 6) is 0.623. The maximum Gasteiger partial charge on any atom is 0.412 e. The van der Waals surface area contributed by atoms with Crippen LogP contribution in [0.2, 0.25) is 0 Å². The molecule has 3 nitrogen and oxygen atoms in total. The molecule has 0 spiro atoms. The van der Waals surface area contributed by atoms with Crippen LogP contribution in [-0.2, 0) is 0 Å². The fourth-order valence-electron chi connectivity index (χ4n) is 1.66. The third-order valence-corrected chi connectivity index (χ3v) is 3.08. The molecule has 0 aromatic carbocycles. The predicted octanol–water partition coefficient (Wildman–Crippen LogP) is 2.94. The molecule has 1 aromatic heterocycles. The second-order valence-corrected chi connectivity index (χ2v) is 4.47. The van der Waals surface area contributed by atoms with Crippen LogP contribution in [0.1, 0.15) is 6.42 Å². The maximum atomic E-state index is 12.4. The first-order valence-corrected chi connectivity index (χ1v) is 5.74. The standard InChI is InChI=1S/C10H9BrF3N3/c11-8-5-15-6-16-9(8)17-3-1-7(2-4-17)10(12,13)14/h1,5-6H,2-4H2. The molecule has 92 valence electrons. The molecule has 0 saturated heterocycles. The summed E-state index contributed by atoms with van der Waals surface area (Å²) in [6.07, 6.45) is -0.0681. The van der Waals surface area contributed by atoms with Gasteiger partial charge in [0.05, 0.1) is 4.47 Å². The molecular weight excluding hydrogens is 299 g/mol. The minimum atomic E-state index is -4.21.